The van der Waals surface area contributed by atoms with Gasteiger partial charge < -0.3 is 10.6 Å². The highest BCUT2D eigenvalue weighted by molar-refractivity contribution is 6.02. The van der Waals surface area contributed by atoms with E-state index in [1.165, 1.54) is 17.3 Å². The van der Waals surface area contributed by atoms with Crippen molar-refractivity contribution in [3.05, 3.63) is 97.1 Å². The molecule has 0 radical (unpaired) electrons. The van der Waals surface area contributed by atoms with E-state index in [1.54, 1.807) is 18.3 Å². The number of aromatic nitrogens is 7. The molecule has 10 nitrogen and oxygen atoms in total. The Bertz CT molecular complexity index is 1390. The minimum absolute atomic E-state index is 0.226. The Morgan fingerprint density at radius 2 is 1.73 bits per heavy atom. The van der Waals surface area contributed by atoms with E-state index in [2.05, 4.69) is 35.8 Å². The minimum Gasteiger partial charge on any atom is -0.340 e. The van der Waals surface area contributed by atoms with Gasteiger partial charge in [0.25, 0.3) is 5.91 Å². The van der Waals surface area contributed by atoms with Gasteiger partial charge in [0.1, 0.15) is 23.8 Å². The number of rotatable bonds is 6. The van der Waals surface area contributed by atoms with Gasteiger partial charge in [-0.25, -0.2) is 15.0 Å². The Morgan fingerprint density at radius 1 is 0.939 bits per heavy atom. The highest BCUT2D eigenvalue weighted by Gasteiger charge is 2.12. The van der Waals surface area contributed by atoms with Gasteiger partial charge in [0.15, 0.2) is 5.69 Å². The quantitative estimate of drug-likeness (QED) is 0.417. The zero-order chi connectivity index (χ0) is 22.6. The second-order valence-corrected chi connectivity index (χ2v) is 7.12. The van der Waals surface area contributed by atoms with Gasteiger partial charge in [-0.05, 0) is 43.3 Å². The van der Waals surface area contributed by atoms with Crippen LogP contribution in [0.3, 0.4) is 0 Å². The van der Waals surface area contributed by atoms with Crippen molar-refractivity contribution in [1.82, 2.24) is 34.5 Å². The molecule has 0 saturated carbocycles. The molecule has 33 heavy (non-hydrogen) atoms. The van der Waals surface area contributed by atoms with Crippen LogP contribution < -0.4 is 10.6 Å². The fourth-order valence-corrected chi connectivity index (χ4v) is 3.20. The van der Waals surface area contributed by atoms with E-state index in [9.17, 15) is 4.79 Å². The van der Waals surface area contributed by atoms with Crippen molar-refractivity contribution >= 4 is 23.1 Å². The largest absolute Gasteiger partial charge is 0.340 e. The highest BCUT2D eigenvalue weighted by Crippen LogP contribution is 2.19. The standard InChI is InChI=1S/C23H19N9O/c1-16-24-11-12-31(16)22-13-21(25-15-26-22)28-17-7-9-18(10-8-17)29-23(33)20-14-27-32(30-20)19-5-3-2-4-6-19/h2-15H,1H3,(H,29,33)(H,25,26,28). The number of carbonyl (C=O) groups excluding carboxylic acids is 1. The van der Waals surface area contributed by atoms with Crippen LogP contribution in [0, 0.1) is 6.92 Å². The van der Waals surface area contributed by atoms with Gasteiger partial charge >= 0.3 is 0 Å². The van der Waals surface area contributed by atoms with Crippen molar-refractivity contribution in [2.75, 3.05) is 10.6 Å². The molecule has 5 rings (SSSR count). The van der Waals surface area contributed by atoms with Gasteiger partial charge in [0.2, 0.25) is 0 Å². The average molecular weight is 437 g/mol. The van der Waals surface area contributed by atoms with Crippen LogP contribution in [-0.2, 0) is 0 Å². The van der Waals surface area contributed by atoms with E-state index < -0.39 is 0 Å². The molecule has 5 aromatic rings. The summed E-state index contributed by atoms with van der Waals surface area (Å²) in [4.78, 5) is 26.7. The van der Waals surface area contributed by atoms with Crippen LogP contribution in [0.25, 0.3) is 11.5 Å². The lowest BCUT2D eigenvalue weighted by Gasteiger charge is -2.09. The lowest BCUT2D eigenvalue weighted by Crippen LogP contribution is -2.13. The van der Waals surface area contributed by atoms with E-state index in [0.717, 1.165) is 23.0 Å². The summed E-state index contributed by atoms with van der Waals surface area (Å²) >= 11 is 0. The number of imidazole rings is 1. The van der Waals surface area contributed by atoms with Gasteiger partial charge in [-0.3, -0.25) is 9.36 Å². The topological polar surface area (TPSA) is 115 Å². The molecule has 0 atom stereocenters. The zero-order valence-corrected chi connectivity index (χ0v) is 17.6. The highest BCUT2D eigenvalue weighted by atomic mass is 16.2. The summed E-state index contributed by atoms with van der Waals surface area (Å²) in [5.74, 6) is 1.86. The molecule has 162 valence electrons. The molecule has 0 aliphatic heterocycles. The second-order valence-electron chi connectivity index (χ2n) is 7.12. The fourth-order valence-electron chi connectivity index (χ4n) is 3.20. The molecule has 3 aromatic heterocycles. The Balaban J connectivity index is 1.25. The van der Waals surface area contributed by atoms with Gasteiger partial charge in [0.05, 0.1) is 11.9 Å². The molecule has 0 aliphatic rings. The Morgan fingerprint density at radius 3 is 2.48 bits per heavy atom. The van der Waals surface area contributed by atoms with Crippen LogP contribution in [0.1, 0.15) is 16.3 Å². The third-order valence-electron chi connectivity index (χ3n) is 4.85. The van der Waals surface area contributed by atoms with Gasteiger partial charge in [-0.2, -0.15) is 9.90 Å². The van der Waals surface area contributed by atoms with E-state index in [0.29, 0.717) is 11.5 Å². The predicted octanol–water partition coefficient (Wildman–Crippen LogP) is 3.55. The molecular formula is C23H19N9O. The van der Waals surface area contributed by atoms with Crippen molar-refractivity contribution in [3.63, 3.8) is 0 Å². The zero-order valence-electron chi connectivity index (χ0n) is 17.6. The van der Waals surface area contributed by atoms with Crippen LogP contribution >= 0.6 is 0 Å². The number of anilines is 3. The summed E-state index contributed by atoms with van der Waals surface area (Å²) in [5.41, 5.74) is 2.46. The van der Waals surface area contributed by atoms with Crippen LogP contribution in [0.2, 0.25) is 0 Å². The van der Waals surface area contributed by atoms with Crippen LogP contribution in [0.15, 0.2) is 85.6 Å². The maximum Gasteiger partial charge on any atom is 0.277 e. The van der Waals surface area contributed by atoms with E-state index in [-0.39, 0.29) is 11.6 Å². The summed E-state index contributed by atoms with van der Waals surface area (Å²) in [6.45, 7) is 1.91. The van der Waals surface area contributed by atoms with E-state index in [4.69, 9.17) is 0 Å². The average Bonchev–Trinajstić information content (AvgIpc) is 3.51. The smallest absolute Gasteiger partial charge is 0.277 e. The maximum absolute atomic E-state index is 12.5. The number of para-hydroxylation sites is 1. The Kier molecular flexibility index (Phi) is 5.30. The van der Waals surface area contributed by atoms with Crippen molar-refractivity contribution in [1.29, 1.82) is 0 Å². The number of hydrogen-bond donors (Lipinski definition) is 2. The van der Waals surface area contributed by atoms with Gasteiger partial charge in [-0.15, -0.1) is 5.10 Å². The van der Waals surface area contributed by atoms with E-state index >= 15 is 0 Å². The molecule has 0 aliphatic carbocycles. The lowest BCUT2D eigenvalue weighted by molar-refractivity contribution is 0.102. The number of benzene rings is 2. The first-order chi connectivity index (χ1) is 16.2. The molecule has 10 heteroatoms. The van der Waals surface area contributed by atoms with Crippen LogP contribution in [0.4, 0.5) is 17.2 Å². The third-order valence-corrected chi connectivity index (χ3v) is 4.85. The summed E-state index contributed by atoms with van der Waals surface area (Å²) < 4.78 is 1.87. The molecule has 0 fully saturated rings. The molecular weight excluding hydrogens is 418 g/mol. The summed E-state index contributed by atoms with van der Waals surface area (Å²) in [6.07, 6.45) is 6.50. The summed E-state index contributed by atoms with van der Waals surface area (Å²) in [5, 5.41) is 14.5. The Hall–Kier alpha value is -4.86. The lowest BCUT2D eigenvalue weighted by atomic mass is 10.2. The first kappa shape index (κ1) is 20.1. The van der Waals surface area contributed by atoms with Crippen molar-refractivity contribution < 1.29 is 4.79 Å². The van der Waals surface area contributed by atoms with Crippen molar-refractivity contribution in [3.8, 4) is 11.5 Å². The van der Waals surface area contributed by atoms with Crippen molar-refractivity contribution in [2.24, 2.45) is 0 Å². The molecule has 0 bridgehead atoms. The SMILES string of the molecule is Cc1nccn1-c1cc(Nc2ccc(NC(=O)c3cnn(-c4ccccc4)n3)cc2)ncn1. The van der Waals surface area contributed by atoms with Crippen LogP contribution in [0.5, 0.6) is 0 Å². The minimum atomic E-state index is -0.339. The summed E-state index contributed by atoms with van der Waals surface area (Å²) in [6, 6.07) is 18.5. The summed E-state index contributed by atoms with van der Waals surface area (Å²) in [7, 11) is 0. The second kappa shape index (κ2) is 8.71. The van der Waals surface area contributed by atoms with Gasteiger partial charge in [0, 0.05) is 29.8 Å². The molecule has 2 N–H and O–H groups in total. The fraction of sp³-hybridized carbons (Fsp3) is 0.0435. The molecule has 3 heterocycles. The molecule has 0 spiro atoms. The molecule has 0 saturated heterocycles. The number of nitrogens with one attached hydrogen (secondary N) is 2. The van der Waals surface area contributed by atoms with E-state index in [1.807, 2.05) is 66.2 Å². The number of amides is 1. The van der Waals surface area contributed by atoms with Crippen molar-refractivity contribution in [2.45, 2.75) is 6.92 Å². The van der Waals surface area contributed by atoms with Crippen LogP contribution in [-0.4, -0.2) is 40.4 Å². The van der Waals surface area contributed by atoms with Gasteiger partial charge in [-0.1, -0.05) is 18.2 Å². The number of hydrogen-bond acceptors (Lipinski definition) is 7. The monoisotopic (exact) mass is 437 g/mol. The number of aryl methyl sites for hydroxylation is 1. The Labute approximate surface area is 189 Å². The normalized spacial score (nSPS) is 10.7. The predicted molar refractivity (Wildman–Crippen MR) is 123 cm³/mol. The number of nitrogens with zero attached hydrogens (tertiary/aromatic N) is 7. The molecule has 1 amide bonds. The first-order valence-electron chi connectivity index (χ1n) is 10.1. The first-order valence-corrected chi connectivity index (χ1v) is 10.1. The maximum atomic E-state index is 12.5. The number of carbonyl (C=O) groups is 1. The third kappa shape index (κ3) is 4.44. The molecule has 2 aromatic carbocycles. The molecule has 0 unspecified atom stereocenters.